The van der Waals surface area contributed by atoms with Crippen molar-refractivity contribution in [2.45, 2.75) is 264 Å². The van der Waals surface area contributed by atoms with Crippen LogP contribution in [-0.2, 0) is 18.4 Å². The van der Waals surface area contributed by atoms with Gasteiger partial charge in [-0.25, -0.2) is 4.57 Å². The van der Waals surface area contributed by atoms with E-state index >= 15 is 0 Å². The zero-order chi connectivity index (χ0) is 43.6. The van der Waals surface area contributed by atoms with Gasteiger partial charge in [0.2, 0.25) is 5.91 Å². The Balaban J connectivity index is 4.26. The number of carbonyl (C=O) groups excluding carboxylic acids is 1. The van der Waals surface area contributed by atoms with Crippen LogP contribution in [0.15, 0.2) is 12.2 Å². The maximum absolute atomic E-state index is 12.9. The average molecular weight is 858 g/mol. The van der Waals surface area contributed by atoms with Crippen LogP contribution in [0.2, 0.25) is 0 Å². The maximum atomic E-state index is 12.9. The molecule has 0 saturated carbocycles. The normalized spacial score (nSPS) is 14.2. The number of hydrogen-bond acceptors (Lipinski definition) is 5. The number of nitrogens with zero attached hydrogens (tertiary/aromatic N) is 1. The summed E-state index contributed by atoms with van der Waals surface area (Å²) in [6, 6.07) is -0.840. The van der Waals surface area contributed by atoms with E-state index < -0.39 is 20.0 Å². The summed E-state index contributed by atoms with van der Waals surface area (Å²) in [6.45, 7) is 4.85. The van der Waals surface area contributed by atoms with Gasteiger partial charge in [0, 0.05) is 6.42 Å². The molecule has 0 rings (SSSR count). The molecule has 3 N–H and O–H groups in total. The summed E-state index contributed by atoms with van der Waals surface area (Å²) >= 11 is 0. The van der Waals surface area contributed by atoms with Gasteiger partial charge in [-0.15, -0.1) is 0 Å². The summed E-state index contributed by atoms with van der Waals surface area (Å²) in [4.78, 5) is 23.2. The lowest BCUT2D eigenvalue weighted by molar-refractivity contribution is -0.870. The molecule has 0 aromatic rings. The summed E-state index contributed by atoms with van der Waals surface area (Å²) in [6.07, 6.45) is 50.0. The zero-order valence-corrected chi connectivity index (χ0v) is 40.9. The van der Waals surface area contributed by atoms with Crippen LogP contribution >= 0.6 is 7.82 Å². The summed E-state index contributed by atoms with van der Waals surface area (Å²) < 4.78 is 23.6. The highest BCUT2D eigenvalue weighted by molar-refractivity contribution is 7.47. The molecule has 0 radical (unpaired) electrons. The van der Waals surface area contributed by atoms with Crippen molar-refractivity contribution in [2.75, 3.05) is 40.9 Å². The molecule has 3 atom stereocenters. The Kier molecular flexibility index (Phi) is 42.0. The zero-order valence-electron chi connectivity index (χ0n) is 40.0. The number of rotatable bonds is 47. The molecule has 0 aliphatic rings. The molecule has 0 fully saturated rings. The third-order valence-electron chi connectivity index (χ3n) is 11.8. The van der Waals surface area contributed by atoms with Crippen molar-refractivity contribution < 1.29 is 32.9 Å². The summed E-state index contributed by atoms with van der Waals surface area (Å²) in [7, 11) is 1.59. The van der Waals surface area contributed by atoms with Gasteiger partial charge < -0.3 is 19.8 Å². The number of hydrogen-bond donors (Lipinski definition) is 3. The number of amides is 1. The molecule has 59 heavy (non-hydrogen) atoms. The number of aliphatic hydroxyl groups excluding tert-OH is 1. The molecule has 9 heteroatoms. The molecule has 8 nitrogen and oxygen atoms in total. The molecular weight excluding hydrogens is 756 g/mol. The number of aliphatic hydroxyl groups is 1. The fraction of sp³-hybridized carbons (Fsp3) is 0.940. The Morgan fingerprint density at radius 2 is 0.898 bits per heavy atom. The van der Waals surface area contributed by atoms with E-state index in [4.69, 9.17) is 9.05 Å². The van der Waals surface area contributed by atoms with Crippen LogP contribution in [0, 0.1) is 0 Å². The van der Waals surface area contributed by atoms with Crippen molar-refractivity contribution in [2.24, 2.45) is 0 Å². The molecule has 0 aromatic heterocycles. The first-order valence-electron chi connectivity index (χ1n) is 25.6. The monoisotopic (exact) mass is 858 g/mol. The maximum Gasteiger partial charge on any atom is 0.472 e. The second kappa shape index (κ2) is 42.5. The Labute approximate surface area is 367 Å². The molecule has 0 bridgehead atoms. The minimum Gasteiger partial charge on any atom is -0.387 e. The van der Waals surface area contributed by atoms with Crippen LogP contribution < -0.4 is 5.32 Å². The van der Waals surface area contributed by atoms with Crippen LogP contribution in [-0.4, -0.2) is 73.4 Å². The standard InChI is InChI=1S/C50H101N2O6P/c1-6-8-10-12-14-16-18-20-22-24-25-26-27-28-30-32-34-36-38-40-42-44-50(54)51-48(47-58-59(55,56)57-46-45-52(3,4)5)49(53)43-41-39-37-35-33-31-29-23-21-19-17-15-13-11-9-7-2/h41,43,48-49,53H,6-40,42,44-47H2,1-5H3,(H-,51,54,55,56)/p+1/b43-41+/t48-,49+/m0/s1. The Morgan fingerprint density at radius 3 is 1.25 bits per heavy atom. The predicted octanol–water partition coefficient (Wildman–Crippen LogP) is 14.7. The Bertz CT molecular complexity index is 974. The SMILES string of the molecule is CCCCCCCCCCCCCCCC/C=C/[C@@H](O)[C@H](COP(=O)(O)OCC[N+](C)(C)C)NC(=O)CCCCCCCCCCCCCCCCCCCCCCC. The number of phosphoric acid groups is 1. The van der Waals surface area contributed by atoms with Crippen LogP contribution in [0.3, 0.4) is 0 Å². The Hall–Kier alpha value is -0.760. The summed E-state index contributed by atoms with van der Waals surface area (Å²) in [5, 5.41) is 13.9. The van der Waals surface area contributed by atoms with Gasteiger partial charge in [0.25, 0.3) is 0 Å². The first-order chi connectivity index (χ1) is 28.5. The minimum absolute atomic E-state index is 0.0649. The van der Waals surface area contributed by atoms with Gasteiger partial charge in [0.05, 0.1) is 39.9 Å². The van der Waals surface area contributed by atoms with Crippen molar-refractivity contribution >= 4 is 13.7 Å². The van der Waals surface area contributed by atoms with Crippen molar-refractivity contribution in [1.29, 1.82) is 0 Å². The van der Waals surface area contributed by atoms with Gasteiger partial charge in [0.1, 0.15) is 13.2 Å². The molecule has 352 valence electrons. The van der Waals surface area contributed by atoms with Crippen molar-refractivity contribution in [3.63, 3.8) is 0 Å². The summed E-state index contributed by atoms with van der Waals surface area (Å²) in [5.41, 5.74) is 0. The van der Waals surface area contributed by atoms with Gasteiger partial charge in [-0.2, -0.15) is 0 Å². The highest BCUT2D eigenvalue weighted by atomic mass is 31.2. The molecule has 0 aliphatic carbocycles. The second-order valence-electron chi connectivity index (χ2n) is 18.9. The molecule has 0 heterocycles. The highest BCUT2D eigenvalue weighted by Gasteiger charge is 2.27. The molecule has 1 amide bonds. The smallest absolute Gasteiger partial charge is 0.387 e. The number of quaternary nitrogens is 1. The molecular formula is C50H102N2O6P+. The lowest BCUT2D eigenvalue weighted by atomic mass is 10.0. The lowest BCUT2D eigenvalue weighted by Crippen LogP contribution is -2.45. The van der Waals surface area contributed by atoms with E-state index in [1.54, 1.807) is 6.08 Å². The number of nitrogens with one attached hydrogen (secondary N) is 1. The second-order valence-corrected chi connectivity index (χ2v) is 20.4. The quantitative estimate of drug-likeness (QED) is 0.0244. The van der Waals surface area contributed by atoms with Gasteiger partial charge in [-0.05, 0) is 19.3 Å². The van der Waals surface area contributed by atoms with E-state index in [9.17, 15) is 19.4 Å². The first kappa shape index (κ1) is 58.2. The predicted molar refractivity (Wildman–Crippen MR) is 254 cm³/mol. The van der Waals surface area contributed by atoms with E-state index in [0.29, 0.717) is 17.4 Å². The molecule has 0 spiro atoms. The van der Waals surface area contributed by atoms with E-state index in [1.165, 1.54) is 199 Å². The van der Waals surface area contributed by atoms with E-state index in [2.05, 4.69) is 19.2 Å². The van der Waals surface area contributed by atoms with Crippen LogP contribution in [0.1, 0.15) is 251 Å². The lowest BCUT2D eigenvalue weighted by Gasteiger charge is -2.25. The third kappa shape index (κ3) is 45.1. The largest absolute Gasteiger partial charge is 0.472 e. The Morgan fingerprint density at radius 1 is 0.559 bits per heavy atom. The minimum atomic E-state index is -4.34. The van der Waals surface area contributed by atoms with Crippen molar-refractivity contribution in [1.82, 2.24) is 5.32 Å². The van der Waals surface area contributed by atoms with Gasteiger partial charge in [-0.3, -0.25) is 13.8 Å². The number of phosphoric ester groups is 1. The van der Waals surface area contributed by atoms with E-state index in [1.807, 2.05) is 27.2 Å². The van der Waals surface area contributed by atoms with E-state index in [0.717, 1.165) is 32.1 Å². The first-order valence-corrected chi connectivity index (χ1v) is 27.1. The van der Waals surface area contributed by atoms with Crippen LogP contribution in [0.25, 0.3) is 0 Å². The number of unbranched alkanes of at least 4 members (excludes halogenated alkanes) is 34. The van der Waals surface area contributed by atoms with E-state index in [-0.39, 0.29) is 19.1 Å². The van der Waals surface area contributed by atoms with Gasteiger partial charge in [0.15, 0.2) is 0 Å². The number of allylic oxidation sites excluding steroid dienone is 1. The molecule has 0 saturated heterocycles. The van der Waals surface area contributed by atoms with Gasteiger partial charge >= 0.3 is 7.82 Å². The average Bonchev–Trinajstić information content (AvgIpc) is 3.19. The highest BCUT2D eigenvalue weighted by Crippen LogP contribution is 2.43. The fourth-order valence-corrected chi connectivity index (χ4v) is 8.43. The van der Waals surface area contributed by atoms with Crippen molar-refractivity contribution in [3.05, 3.63) is 12.2 Å². The third-order valence-corrected chi connectivity index (χ3v) is 12.7. The number of likely N-dealkylation sites (N-methyl/N-ethyl adjacent to an activating group) is 1. The van der Waals surface area contributed by atoms with Crippen LogP contribution in [0.4, 0.5) is 0 Å². The molecule has 0 aromatic carbocycles. The van der Waals surface area contributed by atoms with Crippen molar-refractivity contribution in [3.8, 4) is 0 Å². The molecule has 1 unspecified atom stereocenters. The number of carbonyl (C=O) groups is 1. The topological polar surface area (TPSA) is 105 Å². The van der Waals surface area contributed by atoms with Gasteiger partial charge in [-0.1, -0.05) is 238 Å². The summed E-state index contributed by atoms with van der Waals surface area (Å²) in [5.74, 6) is -0.172. The molecule has 0 aliphatic heterocycles. The van der Waals surface area contributed by atoms with Crippen LogP contribution in [0.5, 0.6) is 0 Å². The fourth-order valence-electron chi connectivity index (χ4n) is 7.69.